The average molecular weight is 394 g/mol. The fourth-order valence-electron chi connectivity index (χ4n) is 3.26. The molecule has 2 N–H and O–H groups in total. The summed E-state index contributed by atoms with van der Waals surface area (Å²) < 4.78 is 11.4. The van der Waals surface area contributed by atoms with Gasteiger partial charge in [-0.2, -0.15) is 0 Å². The van der Waals surface area contributed by atoms with Crippen molar-refractivity contribution in [3.63, 3.8) is 0 Å². The zero-order chi connectivity index (χ0) is 19.7. The van der Waals surface area contributed by atoms with E-state index in [1.807, 2.05) is 62.4 Å². The highest BCUT2D eigenvalue weighted by atomic mass is 32.1. The monoisotopic (exact) mass is 394 g/mol. The zero-order valence-electron chi connectivity index (χ0n) is 16.0. The summed E-state index contributed by atoms with van der Waals surface area (Å²) in [4.78, 5) is 13.7. The second-order valence-electron chi connectivity index (χ2n) is 6.72. The van der Waals surface area contributed by atoms with Crippen molar-refractivity contribution in [3.8, 4) is 11.5 Å². The molecule has 1 aliphatic rings. The van der Waals surface area contributed by atoms with Gasteiger partial charge in [-0.3, -0.25) is 4.79 Å². The number of rotatable bonds is 5. The van der Waals surface area contributed by atoms with Crippen LogP contribution in [-0.2, 0) is 6.61 Å². The van der Waals surface area contributed by atoms with Gasteiger partial charge in [0.15, 0.2) is 11.5 Å². The Morgan fingerprint density at radius 3 is 2.57 bits per heavy atom. The second kappa shape index (κ2) is 7.56. The Hall–Kier alpha value is -2.99. The van der Waals surface area contributed by atoms with Crippen molar-refractivity contribution in [2.24, 2.45) is 0 Å². The molecule has 0 fully saturated rings. The van der Waals surface area contributed by atoms with Crippen LogP contribution in [0.3, 0.4) is 0 Å². The molecule has 0 unspecified atom stereocenters. The molecule has 0 saturated carbocycles. The first-order chi connectivity index (χ1) is 13.6. The summed E-state index contributed by atoms with van der Waals surface area (Å²) >= 11 is 1.61. The number of ether oxygens (including phenoxy) is 2. The van der Waals surface area contributed by atoms with Gasteiger partial charge in [-0.25, -0.2) is 0 Å². The van der Waals surface area contributed by atoms with Gasteiger partial charge in [0.1, 0.15) is 17.8 Å². The normalized spacial score (nSPS) is 15.4. The van der Waals surface area contributed by atoms with Crippen molar-refractivity contribution in [3.05, 3.63) is 75.7 Å². The van der Waals surface area contributed by atoms with Crippen molar-refractivity contribution in [1.82, 2.24) is 5.32 Å². The van der Waals surface area contributed by atoms with E-state index < -0.39 is 0 Å². The van der Waals surface area contributed by atoms with E-state index in [0.29, 0.717) is 18.1 Å². The molecule has 2 aromatic carbocycles. The van der Waals surface area contributed by atoms with Crippen LogP contribution in [0.4, 0.5) is 5.00 Å². The second-order valence-corrected chi connectivity index (χ2v) is 7.95. The number of carbonyl (C=O) groups is 1. The Kier molecular flexibility index (Phi) is 4.96. The topological polar surface area (TPSA) is 59.6 Å². The van der Waals surface area contributed by atoms with E-state index in [1.54, 1.807) is 18.4 Å². The van der Waals surface area contributed by atoms with E-state index >= 15 is 0 Å². The van der Waals surface area contributed by atoms with E-state index in [-0.39, 0.29) is 12.1 Å². The van der Waals surface area contributed by atoms with Crippen molar-refractivity contribution in [2.75, 3.05) is 12.4 Å². The molecule has 4 rings (SSSR count). The number of methoxy groups -OCH3 is 1. The molecule has 144 valence electrons. The molecule has 0 spiro atoms. The number of nitrogens with one attached hydrogen (secondary N) is 2. The highest BCUT2D eigenvalue weighted by Crippen LogP contribution is 2.38. The van der Waals surface area contributed by atoms with Gasteiger partial charge in [-0.15, -0.1) is 11.3 Å². The quantitative estimate of drug-likeness (QED) is 0.652. The number of thiophene rings is 1. The summed E-state index contributed by atoms with van der Waals surface area (Å²) in [5, 5.41) is 7.37. The minimum atomic E-state index is -0.311. The van der Waals surface area contributed by atoms with Crippen molar-refractivity contribution < 1.29 is 14.3 Å². The zero-order valence-corrected chi connectivity index (χ0v) is 16.9. The third kappa shape index (κ3) is 3.43. The highest BCUT2D eigenvalue weighted by molar-refractivity contribution is 7.16. The third-order valence-electron chi connectivity index (χ3n) is 4.92. The lowest BCUT2D eigenvalue weighted by molar-refractivity contribution is 0.0935. The van der Waals surface area contributed by atoms with Crippen molar-refractivity contribution in [2.45, 2.75) is 26.6 Å². The molecule has 2 heterocycles. The molecular formula is C22H22N2O3S. The molecule has 0 saturated heterocycles. The van der Waals surface area contributed by atoms with Gasteiger partial charge < -0.3 is 20.1 Å². The van der Waals surface area contributed by atoms with Gasteiger partial charge in [0, 0.05) is 4.88 Å². The summed E-state index contributed by atoms with van der Waals surface area (Å²) in [6.45, 7) is 4.48. The first-order valence-electron chi connectivity index (χ1n) is 9.09. The number of benzene rings is 2. The van der Waals surface area contributed by atoms with Gasteiger partial charge in [0.05, 0.1) is 12.7 Å². The molecule has 0 radical (unpaired) electrons. The molecule has 0 bridgehead atoms. The maximum absolute atomic E-state index is 12.6. The summed E-state index contributed by atoms with van der Waals surface area (Å²) in [5.41, 5.74) is 3.77. The third-order valence-corrected chi connectivity index (χ3v) is 6.06. The maximum Gasteiger partial charge on any atom is 0.256 e. The number of anilines is 1. The SMILES string of the molecule is COc1cc([C@@H]2NC(=O)c3c(sc(C)c3C)N2)ccc1OCc1ccccc1. The van der Waals surface area contributed by atoms with Gasteiger partial charge in [0.25, 0.3) is 5.91 Å². The molecular weight excluding hydrogens is 372 g/mol. The molecule has 1 aromatic heterocycles. The van der Waals surface area contributed by atoms with Crippen LogP contribution in [-0.4, -0.2) is 13.0 Å². The van der Waals surface area contributed by atoms with Crippen LogP contribution in [0.25, 0.3) is 0 Å². The molecule has 6 heteroatoms. The summed E-state index contributed by atoms with van der Waals surface area (Å²) in [5.74, 6) is 1.25. The van der Waals surface area contributed by atoms with E-state index in [2.05, 4.69) is 10.6 Å². The summed E-state index contributed by atoms with van der Waals surface area (Å²) in [7, 11) is 1.62. The molecule has 5 nitrogen and oxygen atoms in total. The Morgan fingerprint density at radius 2 is 1.82 bits per heavy atom. The van der Waals surface area contributed by atoms with Gasteiger partial charge in [0.2, 0.25) is 0 Å². The van der Waals surface area contributed by atoms with E-state index in [0.717, 1.165) is 32.1 Å². The predicted molar refractivity (Wildman–Crippen MR) is 111 cm³/mol. The molecule has 1 atom stereocenters. The maximum atomic E-state index is 12.6. The predicted octanol–water partition coefficient (Wildman–Crippen LogP) is 4.81. The number of hydrogen-bond donors (Lipinski definition) is 2. The lowest BCUT2D eigenvalue weighted by Crippen LogP contribution is -2.38. The van der Waals surface area contributed by atoms with Crippen LogP contribution in [0, 0.1) is 13.8 Å². The fourth-order valence-corrected chi connectivity index (χ4v) is 4.34. The Labute approximate surface area is 168 Å². The van der Waals surface area contributed by atoms with E-state index in [4.69, 9.17) is 9.47 Å². The first kappa shape index (κ1) is 18.4. The molecule has 1 amide bonds. The van der Waals surface area contributed by atoms with Gasteiger partial charge >= 0.3 is 0 Å². The largest absolute Gasteiger partial charge is 0.493 e. The van der Waals surface area contributed by atoms with Gasteiger partial charge in [-0.05, 0) is 42.7 Å². The molecule has 28 heavy (non-hydrogen) atoms. The smallest absolute Gasteiger partial charge is 0.256 e. The molecule has 1 aliphatic heterocycles. The fraction of sp³-hybridized carbons (Fsp3) is 0.227. The Morgan fingerprint density at radius 1 is 1.04 bits per heavy atom. The van der Waals surface area contributed by atoms with Crippen molar-refractivity contribution in [1.29, 1.82) is 0 Å². The minimum absolute atomic E-state index is 0.0519. The van der Waals surface area contributed by atoms with Crippen LogP contribution in [0.2, 0.25) is 0 Å². The first-order valence-corrected chi connectivity index (χ1v) is 9.90. The van der Waals surface area contributed by atoms with Crippen LogP contribution in [0.1, 0.15) is 38.1 Å². The number of hydrogen-bond acceptors (Lipinski definition) is 5. The Balaban J connectivity index is 1.55. The van der Waals surface area contributed by atoms with E-state index in [9.17, 15) is 4.79 Å². The Bertz CT molecular complexity index is 1010. The van der Waals surface area contributed by atoms with Crippen LogP contribution in [0.15, 0.2) is 48.5 Å². The van der Waals surface area contributed by atoms with Crippen LogP contribution in [0.5, 0.6) is 11.5 Å². The number of aryl methyl sites for hydroxylation is 1. The lowest BCUT2D eigenvalue weighted by Gasteiger charge is -2.27. The standard InChI is InChI=1S/C22H22N2O3S/c1-13-14(2)28-22-19(13)21(25)23-20(24-22)16-9-10-17(18(11-16)26-3)27-12-15-7-5-4-6-8-15/h4-11,20,24H,12H2,1-3H3,(H,23,25)/t20-/m1/s1. The van der Waals surface area contributed by atoms with Crippen LogP contribution >= 0.6 is 11.3 Å². The van der Waals surface area contributed by atoms with E-state index in [1.165, 1.54) is 0 Å². The lowest BCUT2D eigenvalue weighted by atomic mass is 10.1. The average Bonchev–Trinajstić information content (AvgIpc) is 3.01. The molecule has 0 aliphatic carbocycles. The highest BCUT2D eigenvalue weighted by Gasteiger charge is 2.29. The molecule has 3 aromatic rings. The minimum Gasteiger partial charge on any atom is -0.493 e. The summed E-state index contributed by atoms with van der Waals surface area (Å²) in [6.07, 6.45) is -0.311. The number of carbonyl (C=O) groups excluding carboxylic acids is 1. The summed E-state index contributed by atoms with van der Waals surface area (Å²) in [6, 6.07) is 15.7. The van der Waals surface area contributed by atoms with Crippen molar-refractivity contribution >= 4 is 22.2 Å². The van der Waals surface area contributed by atoms with Crippen LogP contribution < -0.4 is 20.1 Å². The number of amides is 1. The number of fused-ring (bicyclic) bond motifs is 1. The van der Waals surface area contributed by atoms with Gasteiger partial charge in [-0.1, -0.05) is 36.4 Å².